The highest BCUT2D eigenvalue weighted by molar-refractivity contribution is 5.76. The zero-order valence-electron chi connectivity index (χ0n) is 44.3. The maximum absolute atomic E-state index is 13.2. The number of aliphatic hydroxyl groups is 8. The standard InChI is InChI=1S/C59H97NO13/c1-3-5-7-9-11-13-15-16-17-18-19-20-21-22-23-24-25-26-27-28-29-30-31-32-33-35-37-39-41-43-51(64)60-47(48(63)42-40-38-36-34-14-12-10-8-6-4-2)46-70-58-56(69)54(67)57(50(45-62)72-58)73-59-55(68)53(66)52(65)49(44-61)71-59/h5,7,11,13,16-17,19-20,22-23,25-26,28-29,31-32,35,37,47-50,52-59,61-63,65-69H,3-4,6,8-10,12,14-15,18,21,24,27,30,33-34,36,38-46H2,1-2H3,(H,60,64)/b7-5-,13-11-,17-16-,20-19-,23-22-,26-25-,29-28-,32-31-,37-35-. The van der Waals surface area contributed by atoms with E-state index < -0.39 is 86.8 Å². The molecule has 0 radical (unpaired) electrons. The average Bonchev–Trinajstić information content (AvgIpc) is 3.39. The Labute approximate surface area is 438 Å². The molecular weight excluding hydrogens is 931 g/mol. The lowest BCUT2D eigenvalue weighted by molar-refractivity contribution is -0.359. The first kappa shape index (κ1) is 65.8. The van der Waals surface area contributed by atoms with Gasteiger partial charge in [-0.25, -0.2) is 0 Å². The summed E-state index contributed by atoms with van der Waals surface area (Å²) in [6.45, 7) is 2.65. The number of carbonyl (C=O) groups excluding carboxylic acids is 1. The van der Waals surface area contributed by atoms with E-state index in [1.54, 1.807) is 0 Å². The largest absolute Gasteiger partial charge is 0.394 e. The number of unbranched alkanes of at least 4 members (excludes halogenated alkanes) is 10. The minimum absolute atomic E-state index is 0.216. The van der Waals surface area contributed by atoms with Crippen molar-refractivity contribution >= 4 is 5.91 Å². The zero-order chi connectivity index (χ0) is 53.2. The highest BCUT2D eigenvalue weighted by atomic mass is 16.7. The van der Waals surface area contributed by atoms with Crippen LogP contribution in [0.2, 0.25) is 0 Å². The number of carbonyl (C=O) groups is 1. The van der Waals surface area contributed by atoms with Crippen LogP contribution in [0.4, 0.5) is 0 Å². The van der Waals surface area contributed by atoms with Gasteiger partial charge < -0.3 is 65.1 Å². The number of aliphatic hydroxyl groups excluding tert-OH is 8. The number of nitrogens with one attached hydrogen (secondary N) is 1. The van der Waals surface area contributed by atoms with Crippen molar-refractivity contribution in [1.82, 2.24) is 5.32 Å². The van der Waals surface area contributed by atoms with Gasteiger partial charge in [-0.1, -0.05) is 187 Å². The molecule has 0 aliphatic carbocycles. The van der Waals surface area contributed by atoms with E-state index in [9.17, 15) is 45.6 Å². The van der Waals surface area contributed by atoms with Crippen molar-refractivity contribution in [2.75, 3.05) is 19.8 Å². The lowest BCUT2D eigenvalue weighted by atomic mass is 9.97. The third-order valence-corrected chi connectivity index (χ3v) is 12.8. The molecule has 2 rings (SSSR count). The van der Waals surface area contributed by atoms with Gasteiger partial charge in [0.1, 0.15) is 48.8 Å². The van der Waals surface area contributed by atoms with Crippen LogP contribution in [0.25, 0.3) is 0 Å². The molecule has 0 spiro atoms. The van der Waals surface area contributed by atoms with Gasteiger partial charge in [-0.05, 0) is 77.0 Å². The Bertz CT molecular complexity index is 1640. The fraction of sp³-hybridized carbons (Fsp3) is 0.678. The number of hydrogen-bond donors (Lipinski definition) is 9. The molecule has 2 saturated heterocycles. The van der Waals surface area contributed by atoms with Crippen LogP contribution >= 0.6 is 0 Å². The Balaban J connectivity index is 1.76. The predicted octanol–water partition coefficient (Wildman–Crippen LogP) is 8.49. The van der Waals surface area contributed by atoms with Crippen molar-refractivity contribution in [3.05, 3.63) is 109 Å². The van der Waals surface area contributed by atoms with Gasteiger partial charge in [-0.15, -0.1) is 0 Å². The van der Waals surface area contributed by atoms with Crippen molar-refractivity contribution in [2.45, 2.75) is 235 Å². The van der Waals surface area contributed by atoms with E-state index in [0.717, 1.165) is 83.5 Å². The molecule has 2 aliphatic heterocycles. The van der Waals surface area contributed by atoms with Crippen molar-refractivity contribution in [3.63, 3.8) is 0 Å². The van der Waals surface area contributed by atoms with Gasteiger partial charge in [0.2, 0.25) is 5.91 Å². The molecule has 416 valence electrons. The maximum Gasteiger partial charge on any atom is 0.220 e. The predicted molar refractivity (Wildman–Crippen MR) is 290 cm³/mol. The Morgan fingerprint density at radius 1 is 0.507 bits per heavy atom. The molecule has 2 aliphatic rings. The minimum Gasteiger partial charge on any atom is -0.394 e. The molecule has 0 aromatic carbocycles. The smallest absolute Gasteiger partial charge is 0.220 e. The Morgan fingerprint density at radius 2 is 0.932 bits per heavy atom. The van der Waals surface area contributed by atoms with E-state index in [1.807, 2.05) is 0 Å². The number of amides is 1. The van der Waals surface area contributed by atoms with Gasteiger partial charge in [-0.3, -0.25) is 4.79 Å². The molecule has 14 heteroatoms. The summed E-state index contributed by atoms with van der Waals surface area (Å²) in [6, 6.07) is -0.866. The van der Waals surface area contributed by atoms with Crippen LogP contribution in [-0.4, -0.2) is 140 Å². The molecule has 0 aromatic rings. The second-order valence-electron chi connectivity index (χ2n) is 19.0. The van der Waals surface area contributed by atoms with Crippen LogP contribution in [0.15, 0.2) is 109 Å². The van der Waals surface area contributed by atoms with Gasteiger partial charge in [0, 0.05) is 6.42 Å². The van der Waals surface area contributed by atoms with E-state index in [4.69, 9.17) is 18.9 Å². The first-order valence-corrected chi connectivity index (χ1v) is 27.6. The SMILES string of the molecule is CC/C=C\C/C=C\C/C=C\C/C=C\C/C=C\C/C=C\C/C=C\C/C=C\C/C=C\CCCC(=O)NC(COC1OC(CO)C(OC2OC(CO)C(O)C(O)C2O)C(O)C1O)C(O)CCCCCCCCCCCC. The molecule has 0 aromatic heterocycles. The lowest BCUT2D eigenvalue weighted by Crippen LogP contribution is -2.65. The molecule has 2 heterocycles. The van der Waals surface area contributed by atoms with Crippen molar-refractivity contribution in [1.29, 1.82) is 0 Å². The summed E-state index contributed by atoms with van der Waals surface area (Å²) in [5, 5.41) is 86.8. The first-order valence-electron chi connectivity index (χ1n) is 27.6. The second-order valence-corrected chi connectivity index (χ2v) is 19.0. The molecule has 12 unspecified atom stereocenters. The van der Waals surface area contributed by atoms with Crippen molar-refractivity contribution in [2.24, 2.45) is 0 Å². The Hall–Kier alpha value is -3.35. The molecular formula is C59H97NO13. The van der Waals surface area contributed by atoms with Crippen LogP contribution in [0.1, 0.15) is 162 Å². The third-order valence-electron chi connectivity index (χ3n) is 12.8. The van der Waals surface area contributed by atoms with E-state index in [0.29, 0.717) is 19.3 Å². The molecule has 73 heavy (non-hydrogen) atoms. The summed E-state index contributed by atoms with van der Waals surface area (Å²) in [7, 11) is 0. The summed E-state index contributed by atoms with van der Waals surface area (Å²) >= 11 is 0. The first-order chi connectivity index (χ1) is 35.6. The highest BCUT2D eigenvalue weighted by Crippen LogP contribution is 2.30. The Morgan fingerprint density at radius 3 is 1.40 bits per heavy atom. The monoisotopic (exact) mass is 1030 g/mol. The molecule has 0 bridgehead atoms. The van der Waals surface area contributed by atoms with Crippen LogP contribution in [0.5, 0.6) is 0 Å². The normalized spacial score (nSPS) is 26.3. The molecule has 0 saturated carbocycles. The fourth-order valence-corrected chi connectivity index (χ4v) is 8.29. The van der Waals surface area contributed by atoms with Gasteiger partial charge in [0.25, 0.3) is 0 Å². The quantitative estimate of drug-likeness (QED) is 0.0207. The molecule has 12 atom stereocenters. The zero-order valence-corrected chi connectivity index (χ0v) is 44.3. The summed E-state index contributed by atoms with van der Waals surface area (Å²) in [4.78, 5) is 13.2. The summed E-state index contributed by atoms with van der Waals surface area (Å²) in [6.07, 6.45) is 43.9. The lowest BCUT2D eigenvalue weighted by Gasteiger charge is -2.46. The Kier molecular flexibility index (Phi) is 39.5. The number of hydrogen-bond acceptors (Lipinski definition) is 13. The number of ether oxygens (including phenoxy) is 4. The second kappa shape index (κ2) is 43.8. The van der Waals surface area contributed by atoms with E-state index in [1.165, 1.54) is 38.5 Å². The van der Waals surface area contributed by atoms with Gasteiger partial charge in [-0.2, -0.15) is 0 Å². The van der Waals surface area contributed by atoms with Crippen LogP contribution < -0.4 is 5.32 Å². The minimum atomic E-state index is -1.79. The van der Waals surface area contributed by atoms with Crippen LogP contribution in [-0.2, 0) is 23.7 Å². The van der Waals surface area contributed by atoms with Crippen molar-refractivity contribution < 1.29 is 64.6 Å². The average molecular weight is 1030 g/mol. The van der Waals surface area contributed by atoms with Crippen LogP contribution in [0.3, 0.4) is 0 Å². The summed E-state index contributed by atoms with van der Waals surface area (Å²) in [5.74, 6) is -0.272. The summed E-state index contributed by atoms with van der Waals surface area (Å²) in [5.41, 5.74) is 0. The molecule has 2 fully saturated rings. The summed E-state index contributed by atoms with van der Waals surface area (Å²) < 4.78 is 22.7. The maximum atomic E-state index is 13.2. The van der Waals surface area contributed by atoms with Gasteiger partial charge >= 0.3 is 0 Å². The van der Waals surface area contributed by atoms with E-state index in [-0.39, 0.29) is 18.9 Å². The van der Waals surface area contributed by atoms with Crippen molar-refractivity contribution in [3.8, 4) is 0 Å². The molecule has 1 amide bonds. The van der Waals surface area contributed by atoms with Crippen LogP contribution in [0, 0.1) is 0 Å². The molecule has 9 N–H and O–H groups in total. The highest BCUT2D eigenvalue weighted by Gasteiger charge is 2.51. The topological polar surface area (TPSA) is 228 Å². The molecule has 14 nitrogen and oxygen atoms in total. The fourth-order valence-electron chi connectivity index (χ4n) is 8.29. The van der Waals surface area contributed by atoms with Gasteiger partial charge in [0.05, 0.1) is 32.0 Å². The number of rotatable bonds is 41. The van der Waals surface area contributed by atoms with E-state index in [2.05, 4.69) is 129 Å². The number of allylic oxidation sites excluding steroid dienone is 18. The van der Waals surface area contributed by atoms with E-state index >= 15 is 0 Å². The van der Waals surface area contributed by atoms with Gasteiger partial charge in [0.15, 0.2) is 12.6 Å². The third kappa shape index (κ3) is 30.1.